The molecule has 0 N–H and O–H groups in total. The number of nitrogens with zero attached hydrogens (tertiary/aromatic N) is 5. The average molecular weight is 1020 g/mol. The first-order valence-corrected chi connectivity index (χ1v) is 27.6. The van der Waals surface area contributed by atoms with Gasteiger partial charge in [-0.05, 0) is 144 Å². The van der Waals surface area contributed by atoms with Gasteiger partial charge < -0.3 is 0 Å². The average Bonchev–Trinajstić information content (AvgIpc) is 3.97. The Morgan fingerprint density at radius 3 is 1.27 bits per heavy atom. The molecule has 0 spiro atoms. The third-order valence-corrected chi connectivity index (χ3v) is 16.7. The second kappa shape index (κ2) is 18.0. The molecule has 0 saturated heterocycles. The van der Waals surface area contributed by atoms with Gasteiger partial charge in [0.15, 0.2) is 4.96 Å². The van der Waals surface area contributed by atoms with Crippen molar-refractivity contribution < 1.29 is 0 Å². The van der Waals surface area contributed by atoms with Gasteiger partial charge in [0.1, 0.15) is 0 Å². The number of para-hydroxylation sites is 6. The minimum absolute atomic E-state index is 0.165. The van der Waals surface area contributed by atoms with Gasteiger partial charge >= 0.3 is 0 Å². The standard InChI is InChI=1S/C72H51N5S/c1-72(2,3)54-42-43-61-69(78-71-74-56-37-17-19-39-58(56)77(61)71)62(54)50-32-22-33-51(44-50)67-65(48-28-12-6-13-29-48)63(46-24-8-4-9-25-46)64(47-26-10-5-11-27-47)66(49-30-14-7-15-31-49)68(67)52-34-23-35-53(45-52)75-59-40-20-21-41-60(59)76-57-38-18-16-36-55(57)73-70(75)76/h4-45H,1-3H3. The normalized spacial score (nSPS) is 12.0. The van der Waals surface area contributed by atoms with Crippen LogP contribution in [0, 0.1) is 0 Å². The number of aromatic nitrogens is 5. The zero-order valence-corrected chi connectivity index (χ0v) is 44.2. The smallest absolute Gasteiger partial charge is 0.220 e. The van der Waals surface area contributed by atoms with E-state index in [4.69, 9.17) is 9.97 Å². The lowest BCUT2D eigenvalue weighted by molar-refractivity contribution is 0.593. The fraction of sp³-hybridized carbons (Fsp3) is 0.0556. The molecule has 11 aromatic carbocycles. The molecule has 0 amide bonds. The first-order chi connectivity index (χ1) is 38.4. The maximum atomic E-state index is 5.35. The Balaban J connectivity index is 1.11. The molecule has 4 heterocycles. The van der Waals surface area contributed by atoms with Crippen LogP contribution in [0.25, 0.3) is 138 Å². The molecule has 0 radical (unpaired) electrons. The molecule has 15 aromatic rings. The van der Waals surface area contributed by atoms with Gasteiger partial charge in [-0.3, -0.25) is 13.4 Å². The fourth-order valence-electron chi connectivity index (χ4n) is 12.3. The van der Waals surface area contributed by atoms with Crippen molar-refractivity contribution in [1.29, 1.82) is 0 Å². The largest absolute Gasteiger partial charge is 0.283 e. The van der Waals surface area contributed by atoms with Crippen molar-refractivity contribution in [3.05, 3.63) is 260 Å². The second-order valence-corrected chi connectivity index (χ2v) is 22.3. The Bertz CT molecular complexity index is 4810. The number of benzene rings is 11. The van der Waals surface area contributed by atoms with Crippen molar-refractivity contribution in [2.45, 2.75) is 26.2 Å². The lowest BCUT2D eigenvalue weighted by Crippen LogP contribution is -2.13. The van der Waals surface area contributed by atoms with Crippen molar-refractivity contribution in [1.82, 2.24) is 23.3 Å². The predicted octanol–water partition coefficient (Wildman–Crippen LogP) is 19.4. The van der Waals surface area contributed by atoms with Crippen molar-refractivity contribution in [3.63, 3.8) is 0 Å². The van der Waals surface area contributed by atoms with Gasteiger partial charge in [-0.1, -0.05) is 226 Å². The summed E-state index contributed by atoms with van der Waals surface area (Å²) in [6.07, 6.45) is 0. The summed E-state index contributed by atoms with van der Waals surface area (Å²) in [7, 11) is 0. The number of rotatable bonds is 8. The van der Waals surface area contributed by atoms with Crippen molar-refractivity contribution >= 4 is 65.4 Å². The summed E-state index contributed by atoms with van der Waals surface area (Å²) in [6.45, 7) is 7.01. The molecule has 0 bridgehead atoms. The van der Waals surface area contributed by atoms with Gasteiger partial charge in [0.05, 0.1) is 43.3 Å². The van der Waals surface area contributed by atoms with Gasteiger partial charge in [-0.2, -0.15) is 0 Å². The van der Waals surface area contributed by atoms with Gasteiger partial charge in [0.25, 0.3) is 0 Å². The van der Waals surface area contributed by atoms with E-state index in [-0.39, 0.29) is 5.41 Å². The number of hydrogen-bond donors (Lipinski definition) is 0. The van der Waals surface area contributed by atoms with Crippen LogP contribution in [0.2, 0.25) is 0 Å². The molecule has 6 heteroatoms. The molecule has 78 heavy (non-hydrogen) atoms. The lowest BCUT2D eigenvalue weighted by Gasteiger charge is -2.29. The number of imidazole rings is 3. The van der Waals surface area contributed by atoms with Crippen LogP contribution < -0.4 is 0 Å². The molecule has 370 valence electrons. The molecule has 0 aliphatic heterocycles. The van der Waals surface area contributed by atoms with E-state index >= 15 is 0 Å². The maximum absolute atomic E-state index is 5.35. The highest BCUT2D eigenvalue weighted by atomic mass is 32.1. The van der Waals surface area contributed by atoms with Gasteiger partial charge in [0, 0.05) is 11.3 Å². The van der Waals surface area contributed by atoms with E-state index in [0.29, 0.717) is 0 Å². The molecular formula is C72H51N5S. The molecular weight excluding hydrogens is 967 g/mol. The third-order valence-electron chi connectivity index (χ3n) is 15.6. The molecule has 0 fully saturated rings. The SMILES string of the molecule is CC(C)(C)c1ccc2c(sc3nc4ccccc4n32)c1-c1cccc(-c2c(-c3ccccc3)c(-c3ccccc3)c(-c3ccccc3)c(-c3ccccc3)c2-c2cccc(-n3c4ccccc4n4c5ccccc5nc34)c2)c1. The first kappa shape index (κ1) is 45.7. The van der Waals surface area contributed by atoms with Crippen LogP contribution in [0.15, 0.2) is 255 Å². The fourth-order valence-corrected chi connectivity index (χ4v) is 13.5. The van der Waals surface area contributed by atoms with Gasteiger partial charge in [0.2, 0.25) is 5.78 Å². The topological polar surface area (TPSA) is 39.5 Å². The molecule has 15 rings (SSSR count). The molecule has 4 aromatic heterocycles. The summed E-state index contributed by atoms with van der Waals surface area (Å²) in [6, 6.07) is 93.1. The molecule has 0 atom stereocenters. The molecule has 5 nitrogen and oxygen atoms in total. The van der Waals surface area contributed by atoms with E-state index in [2.05, 4.69) is 289 Å². The first-order valence-electron chi connectivity index (χ1n) is 26.7. The Labute approximate surface area is 456 Å². The summed E-state index contributed by atoms with van der Waals surface area (Å²) in [5, 5.41) is 0. The van der Waals surface area contributed by atoms with Crippen molar-refractivity contribution in [3.8, 4) is 83.6 Å². The van der Waals surface area contributed by atoms with E-state index in [1.807, 2.05) is 0 Å². The summed E-state index contributed by atoms with van der Waals surface area (Å²) >= 11 is 1.79. The monoisotopic (exact) mass is 1020 g/mol. The van der Waals surface area contributed by atoms with Crippen LogP contribution in [0.1, 0.15) is 26.3 Å². The van der Waals surface area contributed by atoms with Crippen LogP contribution >= 0.6 is 11.3 Å². The highest BCUT2D eigenvalue weighted by Gasteiger charge is 2.31. The number of fused-ring (bicyclic) bond motifs is 10. The van der Waals surface area contributed by atoms with Crippen LogP contribution in [0.5, 0.6) is 0 Å². The maximum Gasteiger partial charge on any atom is 0.220 e. The van der Waals surface area contributed by atoms with E-state index in [1.54, 1.807) is 11.3 Å². The zero-order valence-electron chi connectivity index (χ0n) is 43.4. The number of hydrogen-bond acceptors (Lipinski definition) is 3. The van der Waals surface area contributed by atoms with Gasteiger partial charge in [-0.25, -0.2) is 9.97 Å². The predicted molar refractivity (Wildman–Crippen MR) is 328 cm³/mol. The molecule has 0 saturated carbocycles. The summed E-state index contributed by atoms with van der Waals surface area (Å²) in [5.74, 6) is 0.873. The Morgan fingerprint density at radius 1 is 0.321 bits per heavy atom. The Kier molecular flexibility index (Phi) is 10.6. The number of thiazole rings is 1. The minimum atomic E-state index is -0.165. The highest BCUT2D eigenvalue weighted by Crippen LogP contribution is 2.57. The van der Waals surface area contributed by atoms with E-state index in [0.717, 1.165) is 105 Å². The molecule has 0 aliphatic carbocycles. The van der Waals surface area contributed by atoms with E-state index < -0.39 is 0 Å². The summed E-state index contributed by atoms with van der Waals surface area (Å²) < 4.78 is 8.22. The third kappa shape index (κ3) is 7.21. The van der Waals surface area contributed by atoms with E-state index in [1.165, 1.54) is 38.0 Å². The van der Waals surface area contributed by atoms with Gasteiger partial charge in [-0.15, -0.1) is 0 Å². The van der Waals surface area contributed by atoms with Crippen molar-refractivity contribution in [2.75, 3.05) is 0 Å². The molecule has 0 aliphatic rings. The Hall–Kier alpha value is -9.62. The zero-order chi connectivity index (χ0) is 52.1. The lowest BCUT2D eigenvalue weighted by atomic mass is 9.74. The second-order valence-electron chi connectivity index (χ2n) is 21.3. The quantitative estimate of drug-likeness (QED) is 0.152. The minimum Gasteiger partial charge on any atom is -0.283 e. The van der Waals surface area contributed by atoms with Crippen LogP contribution in [0.4, 0.5) is 0 Å². The Morgan fingerprint density at radius 2 is 0.731 bits per heavy atom. The van der Waals surface area contributed by atoms with E-state index in [9.17, 15) is 0 Å². The molecule has 0 unspecified atom stereocenters. The van der Waals surface area contributed by atoms with Crippen LogP contribution in [-0.4, -0.2) is 23.3 Å². The van der Waals surface area contributed by atoms with Crippen molar-refractivity contribution in [2.24, 2.45) is 0 Å². The van der Waals surface area contributed by atoms with Crippen LogP contribution in [-0.2, 0) is 5.41 Å². The van der Waals surface area contributed by atoms with Crippen LogP contribution in [0.3, 0.4) is 0 Å². The highest BCUT2D eigenvalue weighted by molar-refractivity contribution is 7.24. The summed E-state index contributed by atoms with van der Waals surface area (Å²) in [4.78, 5) is 11.5. The summed E-state index contributed by atoms with van der Waals surface area (Å²) in [5.41, 5.74) is 25.9.